The molecule has 0 radical (unpaired) electrons. The molecule has 0 aliphatic carbocycles. The third kappa shape index (κ3) is 5.59. The first-order valence-electron chi connectivity index (χ1n) is 4.36. The molecule has 4 nitrogen and oxygen atoms in total. The van der Waals surface area contributed by atoms with E-state index in [0.717, 1.165) is 0 Å². The molecule has 0 bridgehead atoms. The van der Waals surface area contributed by atoms with Crippen LogP contribution in [-0.4, -0.2) is 36.7 Å². The van der Waals surface area contributed by atoms with Crippen molar-refractivity contribution in [2.75, 3.05) is 18.1 Å². The van der Waals surface area contributed by atoms with E-state index in [1.165, 1.54) is 0 Å². The van der Waals surface area contributed by atoms with Crippen molar-refractivity contribution in [3.63, 3.8) is 0 Å². The summed E-state index contributed by atoms with van der Waals surface area (Å²) in [5, 5.41) is 2.55. The smallest absolute Gasteiger partial charge is 0.236 e. The van der Waals surface area contributed by atoms with Crippen LogP contribution in [0.2, 0.25) is 0 Å². The van der Waals surface area contributed by atoms with E-state index in [9.17, 15) is 13.2 Å². The molecular formula is C8H16BrNO3S. The molecule has 0 rings (SSSR count). The number of hydrogen-bond donors (Lipinski definition) is 1. The highest BCUT2D eigenvalue weighted by molar-refractivity contribution is 9.10. The fraction of sp³-hybridized carbons (Fsp3) is 0.875. The van der Waals surface area contributed by atoms with E-state index >= 15 is 0 Å². The second-order valence-corrected chi connectivity index (χ2v) is 7.92. The Morgan fingerprint density at radius 1 is 1.43 bits per heavy atom. The Morgan fingerprint density at radius 2 is 1.93 bits per heavy atom. The van der Waals surface area contributed by atoms with E-state index in [0.29, 0.717) is 0 Å². The summed E-state index contributed by atoms with van der Waals surface area (Å²) in [5.74, 6) is -0.0948. The predicted molar refractivity (Wildman–Crippen MR) is 60.3 cm³/mol. The predicted octanol–water partition coefficient (Wildman–Crippen LogP) is 0.711. The maximum absolute atomic E-state index is 11.3. The molecule has 0 aliphatic heterocycles. The Morgan fingerprint density at radius 3 is 2.29 bits per heavy atom. The number of alkyl halides is 1. The number of rotatable bonds is 5. The zero-order valence-electron chi connectivity index (χ0n) is 8.63. The Balaban J connectivity index is 3.94. The first kappa shape index (κ1) is 13.9. The highest BCUT2D eigenvalue weighted by Crippen LogP contribution is 2.14. The largest absolute Gasteiger partial charge is 0.354 e. The minimum absolute atomic E-state index is 0.00167. The quantitative estimate of drug-likeness (QED) is 0.757. The molecule has 0 fully saturated rings. The van der Waals surface area contributed by atoms with Crippen LogP contribution in [0.3, 0.4) is 0 Å². The standard InChI is InChI=1S/C8H16BrNO3S/c1-4-14(12,13)6-5-10-7(11)8(2,3)9/h4-6H2,1-3H3,(H,10,11). The van der Waals surface area contributed by atoms with Crippen LogP contribution in [0.1, 0.15) is 20.8 Å². The lowest BCUT2D eigenvalue weighted by Crippen LogP contribution is -2.39. The summed E-state index contributed by atoms with van der Waals surface area (Å²) in [7, 11) is -2.99. The Labute approximate surface area is 93.5 Å². The van der Waals surface area contributed by atoms with Crippen molar-refractivity contribution >= 4 is 31.7 Å². The van der Waals surface area contributed by atoms with Gasteiger partial charge < -0.3 is 5.32 Å². The Bertz CT molecular complexity index is 292. The van der Waals surface area contributed by atoms with Crippen LogP contribution in [0.25, 0.3) is 0 Å². The van der Waals surface area contributed by atoms with E-state index in [4.69, 9.17) is 0 Å². The SMILES string of the molecule is CCS(=O)(=O)CCNC(=O)C(C)(C)Br. The highest BCUT2D eigenvalue weighted by atomic mass is 79.9. The number of amides is 1. The van der Waals surface area contributed by atoms with E-state index in [-0.39, 0.29) is 24.0 Å². The van der Waals surface area contributed by atoms with Crippen molar-refractivity contribution in [2.45, 2.75) is 25.1 Å². The van der Waals surface area contributed by atoms with Crippen LogP contribution in [0, 0.1) is 0 Å². The van der Waals surface area contributed by atoms with Crippen molar-refractivity contribution in [3.05, 3.63) is 0 Å². The van der Waals surface area contributed by atoms with Gasteiger partial charge in [-0.2, -0.15) is 0 Å². The molecule has 0 aromatic carbocycles. The average molecular weight is 286 g/mol. The zero-order chi connectivity index (χ0) is 11.4. The second-order valence-electron chi connectivity index (χ2n) is 3.46. The molecule has 1 N–H and O–H groups in total. The number of sulfone groups is 1. The van der Waals surface area contributed by atoms with Gasteiger partial charge in [-0.15, -0.1) is 0 Å². The first-order valence-corrected chi connectivity index (χ1v) is 6.98. The summed E-state index contributed by atoms with van der Waals surface area (Å²) in [5.41, 5.74) is 0. The maximum atomic E-state index is 11.3. The number of nitrogens with one attached hydrogen (secondary N) is 1. The van der Waals surface area contributed by atoms with Crippen molar-refractivity contribution in [1.29, 1.82) is 0 Å². The van der Waals surface area contributed by atoms with Crippen LogP contribution in [0.5, 0.6) is 0 Å². The highest BCUT2D eigenvalue weighted by Gasteiger charge is 2.23. The summed E-state index contributed by atoms with van der Waals surface area (Å²) in [6.45, 7) is 5.17. The molecular weight excluding hydrogens is 270 g/mol. The molecule has 0 unspecified atom stereocenters. The van der Waals surface area contributed by atoms with E-state index in [1.54, 1.807) is 20.8 Å². The lowest BCUT2D eigenvalue weighted by atomic mass is 10.2. The van der Waals surface area contributed by atoms with Gasteiger partial charge in [-0.3, -0.25) is 4.79 Å². The topological polar surface area (TPSA) is 63.2 Å². The van der Waals surface area contributed by atoms with Gasteiger partial charge in [0.05, 0.1) is 10.1 Å². The minimum Gasteiger partial charge on any atom is -0.354 e. The van der Waals surface area contributed by atoms with Gasteiger partial charge in [0.2, 0.25) is 5.91 Å². The van der Waals surface area contributed by atoms with Gasteiger partial charge in [-0.05, 0) is 13.8 Å². The molecule has 0 aromatic rings. The molecule has 0 spiro atoms. The normalized spacial score (nSPS) is 12.6. The monoisotopic (exact) mass is 285 g/mol. The molecule has 0 saturated carbocycles. The molecule has 6 heteroatoms. The van der Waals surface area contributed by atoms with Crippen LogP contribution >= 0.6 is 15.9 Å². The van der Waals surface area contributed by atoms with Crippen molar-refractivity contribution < 1.29 is 13.2 Å². The van der Waals surface area contributed by atoms with Crippen molar-refractivity contribution in [2.24, 2.45) is 0 Å². The molecule has 0 atom stereocenters. The second kappa shape index (κ2) is 5.11. The third-order valence-corrected chi connectivity index (χ3v) is 3.74. The minimum atomic E-state index is -2.99. The zero-order valence-corrected chi connectivity index (χ0v) is 11.0. The van der Waals surface area contributed by atoms with Crippen LogP contribution in [0.4, 0.5) is 0 Å². The van der Waals surface area contributed by atoms with Gasteiger partial charge in [0, 0.05) is 12.3 Å². The third-order valence-electron chi connectivity index (χ3n) is 1.68. The van der Waals surface area contributed by atoms with E-state index < -0.39 is 14.2 Å². The van der Waals surface area contributed by atoms with Gasteiger partial charge >= 0.3 is 0 Å². The number of carbonyl (C=O) groups is 1. The molecule has 0 aliphatic rings. The molecule has 14 heavy (non-hydrogen) atoms. The lowest BCUT2D eigenvalue weighted by Gasteiger charge is -2.15. The van der Waals surface area contributed by atoms with Gasteiger partial charge in [0.15, 0.2) is 9.84 Å². The average Bonchev–Trinajstić information content (AvgIpc) is 2.02. The van der Waals surface area contributed by atoms with Gasteiger partial charge in [-0.1, -0.05) is 22.9 Å². The van der Waals surface area contributed by atoms with Crippen LogP contribution in [-0.2, 0) is 14.6 Å². The molecule has 84 valence electrons. The fourth-order valence-electron chi connectivity index (χ4n) is 0.675. The van der Waals surface area contributed by atoms with E-state index in [1.807, 2.05) is 0 Å². The van der Waals surface area contributed by atoms with Gasteiger partial charge in [0.25, 0.3) is 0 Å². The van der Waals surface area contributed by atoms with Crippen molar-refractivity contribution in [3.8, 4) is 0 Å². The van der Waals surface area contributed by atoms with Gasteiger partial charge in [-0.25, -0.2) is 8.42 Å². The van der Waals surface area contributed by atoms with Gasteiger partial charge in [0.1, 0.15) is 0 Å². The molecule has 0 saturated heterocycles. The number of halogens is 1. The number of carbonyl (C=O) groups excluding carboxylic acids is 1. The summed E-state index contributed by atoms with van der Waals surface area (Å²) >= 11 is 3.18. The van der Waals surface area contributed by atoms with Crippen molar-refractivity contribution in [1.82, 2.24) is 5.32 Å². The fourth-order valence-corrected chi connectivity index (χ4v) is 1.52. The van der Waals surface area contributed by atoms with E-state index in [2.05, 4.69) is 21.2 Å². The summed E-state index contributed by atoms with van der Waals surface area (Å²) in [6.07, 6.45) is 0. The molecule has 0 aromatic heterocycles. The maximum Gasteiger partial charge on any atom is 0.236 e. The molecule has 1 amide bonds. The van der Waals surface area contributed by atoms with Crippen LogP contribution < -0.4 is 5.32 Å². The Kier molecular flexibility index (Phi) is 5.08. The summed E-state index contributed by atoms with van der Waals surface area (Å²) < 4.78 is 21.5. The summed E-state index contributed by atoms with van der Waals surface area (Å²) in [6, 6.07) is 0. The van der Waals surface area contributed by atoms with Crippen LogP contribution in [0.15, 0.2) is 0 Å². The molecule has 0 heterocycles. The summed E-state index contributed by atoms with van der Waals surface area (Å²) in [4.78, 5) is 11.3. The Hall–Kier alpha value is -0.100. The first-order chi connectivity index (χ1) is 6.19. The lowest BCUT2D eigenvalue weighted by molar-refractivity contribution is -0.122. The number of hydrogen-bond acceptors (Lipinski definition) is 3.